The second-order valence-corrected chi connectivity index (χ2v) is 6.47. The molecule has 0 aliphatic heterocycles. The molecule has 144 valence electrons. The minimum atomic E-state index is -0.505. The Morgan fingerprint density at radius 3 is 2.74 bits per heavy atom. The molecule has 1 N–H and O–H groups in total. The lowest BCUT2D eigenvalue weighted by Gasteiger charge is -2.17. The fraction of sp³-hybridized carbons (Fsp3) is 0.333. The largest absolute Gasteiger partial charge is 0.490 e. The number of nitrogens with one attached hydrogen (secondary N) is 1. The van der Waals surface area contributed by atoms with Gasteiger partial charge in [-0.3, -0.25) is 15.5 Å². The maximum Gasteiger partial charge on any atom is 0.287 e. The Morgan fingerprint density at radius 2 is 2.15 bits per heavy atom. The Bertz CT molecular complexity index is 812. The molecule has 8 nitrogen and oxygen atoms in total. The van der Waals surface area contributed by atoms with Gasteiger partial charge in [-0.05, 0) is 54.4 Å². The Labute approximate surface area is 165 Å². The number of aromatic nitrogens is 1. The van der Waals surface area contributed by atoms with Crippen molar-refractivity contribution >= 4 is 33.6 Å². The number of halogens is 1. The highest BCUT2D eigenvalue weighted by Gasteiger charge is 2.12. The van der Waals surface area contributed by atoms with Crippen molar-refractivity contribution < 1.29 is 14.4 Å². The number of pyridine rings is 1. The van der Waals surface area contributed by atoms with Gasteiger partial charge >= 0.3 is 0 Å². The van der Waals surface area contributed by atoms with Crippen LogP contribution >= 0.6 is 15.9 Å². The molecular weight excluding hydrogens is 416 g/mol. The van der Waals surface area contributed by atoms with Gasteiger partial charge in [-0.1, -0.05) is 6.92 Å². The molecule has 0 aliphatic rings. The summed E-state index contributed by atoms with van der Waals surface area (Å²) in [4.78, 5) is 14.1. The topological polar surface area (TPSA) is 98.9 Å². The minimum Gasteiger partial charge on any atom is -0.490 e. The van der Waals surface area contributed by atoms with Crippen LogP contribution in [0, 0.1) is 10.1 Å². The lowest BCUT2D eigenvalue weighted by Crippen LogP contribution is -2.11. The fourth-order valence-corrected chi connectivity index (χ4v) is 2.46. The van der Waals surface area contributed by atoms with Gasteiger partial charge in [0, 0.05) is 16.1 Å². The van der Waals surface area contributed by atoms with Crippen LogP contribution in [0.5, 0.6) is 11.5 Å². The third-order valence-corrected chi connectivity index (χ3v) is 4.29. The molecule has 0 unspecified atom stereocenters. The van der Waals surface area contributed by atoms with Crippen molar-refractivity contribution in [3.63, 3.8) is 0 Å². The molecule has 0 fully saturated rings. The highest BCUT2D eigenvalue weighted by molar-refractivity contribution is 9.10. The SMILES string of the molecule is CCOc1cc(/C=N/Nc2ccc([N+](=O)[O-])cn2)c(Br)cc1O[C@H](C)CC. The van der Waals surface area contributed by atoms with Crippen LogP contribution in [0.15, 0.2) is 40.0 Å². The highest BCUT2D eigenvalue weighted by Crippen LogP contribution is 2.34. The van der Waals surface area contributed by atoms with E-state index in [1.807, 2.05) is 26.0 Å². The molecule has 0 saturated carbocycles. The van der Waals surface area contributed by atoms with Crippen molar-refractivity contribution in [2.75, 3.05) is 12.0 Å². The molecule has 27 heavy (non-hydrogen) atoms. The molecule has 0 bridgehead atoms. The maximum absolute atomic E-state index is 10.6. The molecule has 0 aliphatic carbocycles. The Kier molecular flexibility index (Phi) is 7.54. The molecule has 1 aromatic heterocycles. The molecule has 0 amide bonds. The number of hydrogen-bond donors (Lipinski definition) is 1. The number of anilines is 1. The molecular formula is C18H21BrN4O4. The number of nitrogens with zero attached hydrogens (tertiary/aromatic N) is 3. The lowest BCUT2D eigenvalue weighted by atomic mass is 10.2. The van der Waals surface area contributed by atoms with Gasteiger partial charge in [0.05, 0.1) is 23.8 Å². The average Bonchev–Trinajstić information content (AvgIpc) is 2.65. The summed E-state index contributed by atoms with van der Waals surface area (Å²) in [5.74, 6) is 1.70. The minimum absolute atomic E-state index is 0.0745. The van der Waals surface area contributed by atoms with Crippen LogP contribution in [0.25, 0.3) is 0 Å². The first-order chi connectivity index (χ1) is 12.9. The van der Waals surface area contributed by atoms with Gasteiger partial charge in [0.1, 0.15) is 12.0 Å². The second kappa shape index (κ2) is 9.86. The quantitative estimate of drug-likeness (QED) is 0.345. The van der Waals surface area contributed by atoms with Crippen LogP contribution < -0.4 is 14.9 Å². The highest BCUT2D eigenvalue weighted by atomic mass is 79.9. The average molecular weight is 437 g/mol. The van der Waals surface area contributed by atoms with Crippen molar-refractivity contribution in [1.29, 1.82) is 0 Å². The predicted octanol–water partition coefficient (Wildman–Crippen LogP) is 4.77. The van der Waals surface area contributed by atoms with Crippen molar-refractivity contribution in [3.05, 3.63) is 50.6 Å². The first kappa shape index (κ1) is 20.6. The molecule has 9 heteroatoms. The zero-order chi connectivity index (χ0) is 19.8. The van der Waals surface area contributed by atoms with Crippen LogP contribution in [0.4, 0.5) is 11.5 Å². The number of nitro groups is 1. The summed E-state index contributed by atoms with van der Waals surface area (Å²) in [7, 11) is 0. The molecule has 2 rings (SSSR count). The van der Waals surface area contributed by atoms with Gasteiger partial charge < -0.3 is 9.47 Å². The summed E-state index contributed by atoms with van der Waals surface area (Å²) in [6.07, 6.45) is 3.73. The van der Waals surface area contributed by atoms with E-state index in [1.54, 1.807) is 6.21 Å². The molecule has 0 saturated heterocycles. The van der Waals surface area contributed by atoms with Crippen molar-refractivity contribution in [2.24, 2.45) is 5.10 Å². The van der Waals surface area contributed by atoms with Gasteiger partial charge in [-0.15, -0.1) is 0 Å². The van der Waals surface area contributed by atoms with E-state index in [0.29, 0.717) is 23.9 Å². The van der Waals surface area contributed by atoms with Crippen LogP contribution in [0.1, 0.15) is 32.8 Å². The van der Waals surface area contributed by atoms with E-state index in [2.05, 4.69) is 38.4 Å². The number of hydrazone groups is 1. The zero-order valence-corrected chi connectivity index (χ0v) is 16.9. The fourth-order valence-electron chi connectivity index (χ4n) is 2.04. The first-order valence-electron chi connectivity index (χ1n) is 8.47. The predicted molar refractivity (Wildman–Crippen MR) is 108 cm³/mol. The number of rotatable bonds is 9. The van der Waals surface area contributed by atoms with E-state index in [4.69, 9.17) is 9.47 Å². The van der Waals surface area contributed by atoms with Crippen molar-refractivity contribution in [3.8, 4) is 11.5 Å². The molecule has 0 radical (unpaired) electrons. The maximum atomic E-state index is 10.6. The number of hydrogen-bond acceptors (Lipinski definition) is 7. The first-order valence-corrected chi connectivity index (χ1v) is 9.26. The summed E-state index contributed by atoms with van der Waals surface area (Å²) < 4.78 is 12.4. The number of benzene rings is 1. The molecule has 1 atom stereocenters. The summed E-state index contributed by atoms with van der Waals surface area (Å²) in [5.41, 5.74) is 3.44. The van der Waals surface area contributed by atoms with Gasteiger partial charge in [0.2, 0.25) is 0 Å². The van der Waals surface area contributed by atoms with Gasteiger partial charge in [0.25, 0.3) is 5.69 Å². The summed E-state index contributed by atoms with van der Waals surface area (Å²) >= 11 is 3.51. The Balaban J connectivity index is 2.15. The van der Waals surface area contributed by atoms with Gasteiger partial charge in [-0.25, -0.2) is 4.98 Å². The standard InChI is InChI=1S/C18H21BrN4O4/c1-4-12(3)27-17-9-15(19)13(8-16(17)26-5-2)10-21-22-18-7-6-14(11-20-18)23(24)25/h6-12H,4-5H2,1-3H3,(H,20,22)/b21-10+/t12-/m1/s1. The van der Waals surface area contributed by atoms with Gasteiger partial charge in [-0.2, -0.15) is 5.10 Å². The Morgan fingerprint density at radius 1 is 1.37 bits per heavy atom. The third-order valence-electron chi connectivity index (χ3n) is 3.61. The van der Waals surface area contributed by atoms with Crippen LogP contribution in [0.3, 0.4) is 0 Å². The molecule has 0 spiro atoms. The Hall–Kier alpha value is -2.68. The third kappa shape index (κ3) is 5.92. The van der Waals surface area contributed by atoms with Crippen LogP contribution in [-0.4, -0.2) is 28.8 Å². The lowest BCUT2D eigenvalue weighted by molar-refractivity contribution is -0.385. The molecule has 1 aromatic carbocycles. The van der Waals surface area contributed by atoms with E-state index < -0.39 is 4.92 Å². The smallest absolute Gasteiger partial charge is 0.287 e. The summed E-state index contributed by atoms with van der Waals surface area (Å²) in [6, 6.07) is 6.52. The van der Waals surface area contributed by atoms with E-state index >= 15 is 0 Å². The summed E-state index contributed by atoms with van der Waals surface area (Å²) in [5, 5.41) is 14.8. The van der Waals surface area contributed by atoms with Gasteiger partial charge in [0.15, 0.2) is 11.5 Å². The van der Waals surface area contributed by atoms with Crippen LogP contribution in [0.2, 0.25) is 0 Å². The summed E-state index contributed by atoms with van der Waals surface area (Å²) in [6.45, 7) is 6.48. The van der Waals surface area contributed by atoms with Crippen molar-refractivity contribution in [1.82, 2.24) is 4.98 Å². The van der Waals surface area contributed by atoms with Crippen molar-refractivity contribution in [2.45, 2.75) is 33.3 Å². The second-order valence-electron chi connectivity index (χ2n) is 5.62. The van der Waals surface area contributed by atoms with E-state index in [-0.39, 0.29) is 11.8 Å². The number of ether oxygens (including phenoxy) is 2. The zero-order valence-electron chi connectivity index (χ0n) is 15.3. The molecule has 1 heterocycles. The van der Waals surface area contributed by atoms with Crippen LogP contribution in [-0.2, 0) is 0 Å². The van der Waals surface area contributed by atoms with E-state index in [0.717, 1.165) is 16.5 Å². The van der Waals surface area contributed by atoms with E-state index in [1.165, 1.54) is 18.3 Å². The normalized spacial score (nSPS) is 12.0. The van der Waals surface area contributed by atoms with E-state index in [9.17, 15) is 10.1 Å². The monoisotopic (exact) mass is 436 g/mol. The molecule has 2 aromatic rings.